The first-order chi connectivity index (χ1) is 13.8. The summed E-state index contributed by atoms with van der Waals surface area (Å²) in [6, 6.07) is 6.33. The lowest BCUT2D eigenvalue weighted by Gasteiger charge is -2.08. The summed E-state index contributed by atoms with van der Waals surface area (Å²) >= 11 is 0. The van der Waals surface area contributed by atoms with Crippen molar-refractivity contribution < 1.29 is 41.7 Å². The molecule has 3 aromatic rings. The van der Waals surface area contributed by atoms with Crippen molar-refractivity contribution in [2.75, 3.05) is 0 Å². The van der Waals surface area contributed by atoms with Crippen LogP contribution >= 0.6 is 0 Å². The number of phenols is 2. The lowest BCUT2D eigenvalue weighted by Crippen LogP contribution is -2.03. The maximum absolute atomic E-state index is 13.6. The fraction of sp³-hybridized carbons (Fsp3) is 0.0500. The van der Waals surface area contributed by atoms with E-state index in [0.717, 1.165) is 12.1 Å². The smallest absolute Gasteiger partial charge is 0.203 e. The van der Waals surface area contributed by atoms with Gasteiger partial charge in [-0.1, -0.05) is 0 Å². The van der Waals surface area contributed by atoms with E-state index in [0.29, 0.717) is 0 Å². The fourth-order valence-corrected chi connectivity index (χ4v) is 2.36. The SMILES string of the molecule is O=C(/C=C/c1ccc(COc2c(F)c(F)cc(F)c2F)o1)c1ccc(O)cc1O. The summed E-state index contributed by atoms with van der Waals surface area (Å²) in [6.07, 6.45) is 2.36. The van der Waals surface area contributed by atoms with Crippen LogP contribution in [0.3, 0.4) is 0 Å². The first kappa shape index (κ1) is 20.0. The first-order valence-electron chi connectivity index (χ1n) is 8.05. The van der Waals surface area contributed by atoms with Crippen LogP contribution in [0, 0.1) is 23.3 Å². The van der Waals surface area contributed by atoms with Gasteiger partial charge in [0.1, 0.15) is 29.6 Å². The molecule has 0 aliphatic heterocycles. The van der Waals surface area contributed by atoms with Gasteiger partial charge in [0.2, 0.25) is 11.6 Å². The molecule has 5 nitrogen and oxygen atoms in total. The van der Waals surface area contributed by atoms with E-state index < -0.39 is 47.2 Å². The van der Waals surface area contributed by atoms with E-state index in [2.05, 4.69) is 0 Å². The Kier molecular flexibility index (Phi) is 5.58. The van der Waals surface area contributed by atoms with Gasteiger partial charge in [-0.05, 0) is 36.4 Å². The van der Waals surface area contributed by atoms with Gasteiger partial charge in [0.15, 0.2) is 23.2 Å². The molecular formula is C20H12F4O5. The van der Waals surface area contributed by atoms with E-state index in [9.17, 15) is 32.6 Å². The first-order valence-corrected chi connectivity index (χ1v) is 8.05. The molecule has 0 aliphatic rings. The molecule has 0 spiro atoms. The van der Waals surface area contributed by atoms with Gasteiger partial charge in [0, 0.05) is 12.1 Å². The highest BCUT2D eigenvalue weighted by molar-refractivity contribution is 6.08. The van der Waals surface area contributed by atoms with E-state index >= 15 is 0 Å². The van der Waals surface area contributed by atoms with Gasteiger partial charge in [0.25, 0.3) is 0 Å². The van der Waals surface area contributed by atoms with E-state index in [4.69, 9.17) is 9.15 Å². The second kappa shape index (κ2) is 8.09. The van der Waals surface area contributed by atoms with Crippen molar-refractivity contribution in [3.05, 3.63) is 82.8 Å². The molecule has 0 saturated carbocycles. The Morgan fingerprint density at radius 2 is 1.69 bits per heavy atom. The molecule has 0 unspecified atom stereocenters. The van der Waals surface area contributed by atoms with Gasteiger partial charge in [0.05, 0.1) is 5.56 Å². The van der Waals surface area contributed by atoms with E-state index in [1.807, 2.05) is 0 Å². The van der Waals surface area contributed by atoms with Crippen LogP contribution in [0.4, 0.5) is 17.6 Å². The van der Waals surface area contributed by atoms with Crippen LogP contribution in [-0.4, -0.2) is 16.0 Å². The minimum atomic E-state index is -1.67. The molecule has 29 heavy (non-hydrogen) atoms. The number of ketones is 1. The zero-order chi connectivity index (χ0) is 21.1. The molecule has 150 valence electrons. The summed E-state index contributed by atoms with van der Waals surface area (Å²) in [7, 11) is 0. The predicted octanol–water partition coefficient (Wildman–Crippen LogP) is 4.72. The van der Waals surface area contributed by atoms with E-state index in [1.165, 1.54) is 30.3 Å². The van der Waals surface area contributed by atoms with Crippen LogP contribution in [0.5, 0.6) is 17.2 Å². The molecule has 9 heteroatoms. The number of ether oxygens (including phenoxy) is 1. The van der Waals surface area contributed by atoms with Gasteiger partial charge in [-0.3, -0.25) is 4.79 Å². The van der Waals surface area contributed by atoms with Crippen molar-refractivity contribution in [2.45, 2.75) is 6.61 Å². The third-order valence-corrected chi connectivity index (χ3v) is 3.76. The summed E-state index contributed by atoms with van der Waals surface area (Å²) in [6.45, 7) is -0.530. The van der Waals surface area contributed by atoms with Crippen molar-refractivity contribution in [1.82, 2.24) is 0 Å². The number of phenolic OH excluding ortho intramolecular Hbond substituents is 2. The maximum atomic E-state index is 13.6. The van der Waals surface area contributed by atoms with Crippen LogP contribution in [-0.2, 0) is 6.61 Å². The number of halogens is 4. The Balaban J connectivity index is 1.69. The molecule has 2 N–H and O–H groups in total. The summed E-state index contributed by atoms with van der Waals surface area (Å²) in [5, 5.41) is 18.9. The van der Waals surface area contributed by atoms with Crippen molar-refractivity contribution in [2.24, 2.45) is 0 Å². The minimum Gasteiger partial charge on any atom is -0.508 e. The lowest BCUT2D eigenvalue weighted by molar-refractivity contribution is 0.104. The molecule has 0 amide bonds. The number of furan rings is 1. The average Bonchev–Trinajstić information content (AvgIpc) is 3.12. The van der Waals surface area contributed by atoms with Gasteiger partial charge in [-0.25, -0.2) is 8.78 Å². The Morgan fingerprint density at radius 1 is 1.00 bits per heavy atom. The summed E-state index contributed by atoms with van der Waals surface area (Å²) in [5.74, 6) is -8.70. The molecule has 3 rings (SSSR count). The molecule has 0 bridgehead atoms. The van der Waals surface area contributed by atoms with Crippen LogP contribution in [0.25, 0.3) is 6.08 Å². The second-order valence-corrected chi connectivity index (χ2v) is 5.79. The minimum absolute atomic E-state index is 0.0479. The van der Waals surface area contributed by atoms with Crippen molar-refractivity contribution >= 4 is 11.9 Å². The topological polar surface area (TPSA) is 79.9 Å². The predicted molar refractivity (Wildman–Crippen MR) is 92.5 cm³/mol. The Morgan fingerprint density at radius 3 is 2.34 bits per heavy atom. The maximum Gasteiger partial charge on any atom is 0.203 e. The molecular weight excluding hydrogens is 396 g/mol. The quantitative estimate of drug-likeness (QED) is 0.267. The van der Waals surface area contributed by atoms with Crippen LogP contribution in [0.2, 0.25) is 0 Å². The highest BCUT2D eigenvalue weighted by Gasteiger charge is 2.21. The molecule has 1 aromatic heterocycles. The van der Waals surface area contributed by atoms with E-state index in [-0.39, 0.29) is 28.9 Å². The number of hydrogen-bond acceptors (Lipinski definition) is 5. The van der Waals surface area contributed by atoms with Gasteiger partial charge in [-0.2, -0.15) is 8.78 Å². The molecule has 0 saturated heterocycles. The van der Waals surface area contributed by atoms with Gasteiger partial charge in [-0.15, -0.1) is 0 Å². The molecule has 0 fully saturated rings. The lowest BCUT2D eigenvalue weighted by atomic mass is 10.1. The molecule has 0 radical (unpaired) electrons. The number of hydrogen-bond donors (Lipinski definition) is 2. The number of carbonyl (C=O) groups is 1. The monoisotopic (exact) mass is 408 g/mol. The van der Waals surface area contributed by atoms with Crippen LogP contribution in [0.15, 0.2) is 46.9 Å². The fourth-order valence-electron chi connectivity index (χ4n) is 2.36. The number of benzene rings is 2. The number of aromatic hydroxyl groups is 2. The number of rotatable bonds is 6. The number of carbonyl (C=O) groups excluding carboxylic acids is 1. The highest BCUT2D eigenvalue weighted by atomic mass is 19.2. The van der Waals surface area contributed by atoms with Crippen LogP contribution in [0.1, 0.15) is 21.9 Å². The van der Waals surface area contributed by atoms with Gasteiger partial charge >= 0.3 is 0 Å². The summed E-state index contributed by atoms with van der Waals surface area (Å²) in [4.78, 5) is 12.1. The van der Waals surface area contributed by atoms with Crippen molar-refractivity contribution in [3.8, 4) is 17.2 Å². The molecule has 0 atom stereocenters. The van der Waals surface area contributed by atoms with E-state index in [1.54, 1.807) is 0 Å². The summed E-state index contributed by atoms with van der Waals surface area (Å²) < 4.78 is 63.5. The Bertz CT molecular complexity index is 1080. The Hall–Kier alpha value is -3.75. The largest absolute Gasteiger partial charge is 0.508 e. The highest BCUT2D eigenvalue weighted by Crippen LogP contribution is 2.27. The molecule has 1 heterocycles. The standard InChI is InChI=1S/C20H12F4O5/c21-14-8-15(22)19(24)20(18(14)23)28-9-12-3-2-11(29-12)4-6-16(26)13-5-1-10(25)7-17(13)27/h1-8,25,27H,9H2/b6-4+. The van der Waals surface area contributed by atoms with Crippen LogP contribution < -0.4 is 4.74 Å². The third-order valence-electron chi connectivity index (χ3n) is 3.76. The van der Waals surface area contributed by atoms with Crippen molar-refractivity contribution in [1.29, 1.82) is 0 Å². The second-order valence-electron chi connectivity index (χ2n) is 5.79. The Labute approximate surface area is 161 Å². The average molecular weight is 408 g/mol. The zero-order valence-electron chi connectivity index (χ0n) is 14.5. The molecule has 0 aliphatic carbocycles. The van der Waals surface area contributed by atoms with Crippen molar-refractivity contribution in [3.63, 3.8) is 0 Å². The molecule has 2 aromatic carbocycles. The summed E-state index contributed by atoms with van der Waals surface area (Å²) in [5.41, 5.74) is -0.0479. The number of allylic oxidation sites excluding steroid dienone is 1. The normalized spacial score (nSPS) is 11.2. The third kappa shape index (κ3) is 4.40. The van der Waals surface area contributed by atoms with Gasteiger partial charge < -0.3 is 19.4 Å². The zero-order valence-corrected chi connectivity index (χ0v) is 14.5.